The first kappa shape index (κ1) is 20.0. The molecule has 2 aromatic carbocycles. The Morgan fingerprint density at radius 1 is 1.00 bits per heavy atom. The molecule has 0 aliphatic carbocycles. The maximum absolute atomic E-state index is 6.30. The average Bonchev–Trinajstić information content (AvgIpc) is 2.95. The lowest BCUT2D eigenvalue weighted by Crippen LogP contribution is -2.20. The van der Waals surface area contributed by atoms with Gasteiger partial charge in [-0.05, 0) is 55.4 Å². The van der Waals surface area contributed by atoms with E-state index >= 15 is 0 Å². The fourth-order valence-corrected chi connectivity index (χ4v) is 3.48. The molecule has 4 nitrogen and oxygen atoms in total. The molecule has 0 bridgehead atoms. The van der Waals surface area contributed by atoms with Crippen LogP contribution < -0.4 is 10.6 Å². The van der Waals surface area contributed by atoms with E-state index in [2.05, 4.69) is 28.7 Å². The normalized spacial score (nSPS) is 10.7. The van der Waals surface area contributed by atoms with Crippen molar-refractivity contribution in [3.05, 3.63) is 74.4 Å². The van der Waals surface area contributed by atoms with Gasteiger partial charge in [0.15, 0.2) is 10.9 Å². The number of nitrogens with one attached hydrogen (secondary N) is 2. The number of hydrogen-bond donors (Lipinski definition) is 2. The molecule has 8 heteroatoms. The fraction of sp³-hybridized carbons (Fsp3) is 0.158. The number of aryl methyl sites for hydroxylation is 1. The maximum Gasteiger partial charge on any atom is 0.176 e. The number of hydrogen-bond acceptors (Lipinski definition) is 2. The molecule has 0 fully saturated rings. The van der Waals surface area contributed by atoms with Gasteiger partial charge in [0.2, 0.25) is 0 Å². The van der Waals surface area contributed by atoms with Gasteiger partial charge in [0.1, 0.15) is 5.02 Å². The van der Waals surface area contributed by atoms with Gasteiger partial charge >= 0.3 is 0 Å². The minimum atomic E-state index is 0.400. The Hall–Kier alpha value is -1.79. The summed E-state index contributed by atoms with van der Waals surface area (Å²) in [5, 5.41) is 12.7. The highest BCUT2D eigenvalue weighted by molar-refractivity contribution is 7.80. The highest BCUT2D eigenvalue weighted by Gasteiger charge is 2.12. The molecule has 1 aromatic heterocycles. The summed E-state index contributed by atoms with van der Waals surface area (Å²) in [5.74, 6) is 0.461. The fourth-order valence-electron chi connectivity index (χ4n) is 2.56. The number of anilines is 2. The van der Waals surface area contributed by atoms with Gasteiger partial charge in [-0.2, -0.15) is 5.10 Å². The average molecular weight is 440 g/mol. The first-order chi connectivity index (χ1) is 12.8. The van der Waals surface area contributed by atoms with Crippen LogP contribution in [0.4, 0.5) is 11.5 Å². The van der Waals surface area contributed by atoms with E-state index in [0.29, 0.717) is 32.5 Å². The number of benzene rings is 2. The summed E-state index contributed by atoms with van der Waals surface area (Å²) in [6.45, 7) is 4.49. The molecule has 0 atom stereocenters. The van der Waals surface area contributed by atoms with Gasteiger partial charge in [0.05, 0.1) is 6.54 Å². The molecule has 1 heterocycles. The zero-order valence-corrected chi connectivity index (χ0v) is 17.8. The smallest absolute Gasteiger partial charge is 0.176 e. The molecule has 0 saturated heterocycles. The molecule has 0 aliphatic rings. The number of rotatable bonds is 4. The predicted molar refractivity (Wildman–Crippen MR) is 119 cm³/mol. The van der Waals surface area contributed by atoms with Gasteiger partial charge in [0.25, 0.3) is 0 Å². The molecule has 0 aliphatic heterocycles. The van der Waals surface area contributed by atoms with Gasteiger partial charge < -0.3 is 10.6 Å². The van der Waals surface area contributed by atoms with Crippen molar-refractivity contribution >= 4 is 63.6 Å². The van der Waals surface area contributed by atoms with Crippen LogP contribution in [0.1, 0.15) is 16.7 Å². The van der Waals surface area contributed by atoms with E-state index in [4.69, 9.17) is 47.0 Å². The Labute approximate surface area is 178 Å². The Morgan fingerprint density at radius 2 is 1.67 bits per heavy atom. The van der Waals surface area contributed by atoms with E-state index < -0.39 is 0 Å². The van der Waals surface area contributed by atoms with Crippen molar-refractivity contribution < 1.29 is 0 Å². The van der Waals surface area contributed by atoms with E-state index in [-0.39, 0.29) is 0 Å². The summed E-state index contributed by atoms with van der Waals surface area (Å²) < 4.78 is 1.66. The van der Waals surface area contributed by atoms with E-state index in [1.165, 1.54) is 5.56 Å². The quantitative estimate of drug-likeness (QED) is 0.467. The van der Waals surface area contributed by atoms with Crippen LogP contribution in [-0.2, 0) is 6.54 Å². The summed E-state index contributed by atoms with van der Waals surface area (Å²) in [4.78, 5) is 0. The molecule has 0 unspecified atom stereocenters. The lowest BCUT2D eigenvalue weighted by Gasteiger charge is -2.12. The van der Waals surface area contributed by atoms with E-state index in [0.717, 1.165) is 16.8 Å². The third-order valence-electron chi connectivity index (χ3n) is 4.18. The Balaban J connectivity index is 1.73. The van der Waals surface area contributed by atoms with Crippen molar-refractivity contribution in [3.8, 4) is 0 Å². The van der Waals surface area contributed by atoms with E-state index in [9.17, 15) is 0 Å². The first-order valence-corrected chi connectivity index (χ1v) is 9.69. The van der Waals surface area contributed by atoms with Gasteiger partial charge in [-0.15, -0.1) is 0 Å². The van der Waals surface area contributed by atoms with Crippen molar-refractivity contribution in [2.45, 2.75) is 20.4 Å². The van der Waals surface area contributed by atoms with E-state index in [1.54, 1.807) is 29.1 Å². The molecular formula is C19H17Cl3N4S. The monoisotopic (exact) mass is 438 g/mol. The predicted octanol–water partition coefficient (Wildman–Crippen LogP) is 6.32. The first-order valence-electron chi connectivity index (χ1n) is 8.15. The number of aromatic nitrogens is 2. The summed E-state index contributed by atoms with van der Waals surface area (Å²) in [5.41, 5.74) is 4.03. The van der Waals surface area contributed by atoms with Crippen LogP contribution in [-0.4, -0.2) is 14.9 Å². The largest absolute Gasteiger partial charge is 0.332 e. The third-order valence-corrected chi connectivity index (χ3v) is 5.37. The van der Waals surface area contributed by atoms with Crippen LogP contribution in [0.5, 0.6) is 0 Å². The van der Waals surface area contributed by atoms with Crippen LogP contribution in [0.2, 0.25) is 15.1 Å². The van der Waals surface area contributed by atoms with Crippen molar-refractivity contribution in [3.63, 3.8) is 0 Å². The van der Waals surface area contributed by atoms with Crippen LogP contribution in [0, 0.1) is 13.8 Å². The van der Waals surface area contributed by atoms with Crippen LogP contribution in [0.25, 0.3) is 0 Å². The van der Waals surface area contributed by atoms with Crippen molar-refractivity contribution in [2.75, 3.05) is 10.6 Å². The minimum absolute atomic E-state index is 0.400. The van der Waals surface area contributed by atoms with Gasteiger partial charge in [0, 0.05) is 27.5 Å². The van der Waals surface area contributed by atoms with Gasteiger partial charge in [-0.1, -0.05) is 53.0 Å². The van der Waals surface area contributed by atoms with Crippen LogP contribution in [0.3, 0.4) is 0 Å². The summed E-state index contributed by atoms with van der Waals surface area (Å²) in [7, 11) is 0. The van der Waals surface area contributed by atoms with Crippen molar-refractivity contribution in [1.29, 1.82) is 0 Å². The molecule has 27 heavy (non-hydrogen) atoms. The Kier molecular flexibility index (Phi) is 6.27. The molecule has 0 radical (unpaired) electrons. The highest BCUT2D eigenvalue weighted by Crippen LogP contribution is 2.27. The standard InChI is InChI=1S/C19H17Cl3N4S/c1-11-5-3-8-17(12(11)2)23-19(27)24-18-16(22)10-26(25-18)9-13-14(20)6-4-7-15(13)21/h3-8,10H,9H2,1-2H3,(H2,23,24,25,27). The zero-order valence-electron chi connectivity index (χ0n) is 14.7. The van der Waals surface area contributed by atoms with Crippen LogP contribution in [0.15, 0.2) is 42.6 Å². The van der Waals surface area contributed by atoms with Gasteiger partial charge in [-0.25, -0.2) is 0 Å². The van der Waals surface area contributed by atoms with Crippen molar-refractivity contribution in [1.82, 2.24) is 9.78 Å². The zero-order chi connectivity index (χ0) is 19.6. The number of thiocarbonyl (C=S) groups is 1. The summed E-state index contributed by atoms with van der Waals surface area (Å²) in [6.07, 6.45) is 1.70. The molecule has 0 saturated carbocycles. The Morgan fingerprint density at radius 3 is 2.37 bits per heavy atom. The Bertz CT molecular complexity index is 980. The molecule has 3 aromatic rings. The van der Waals surface area contributed by atoms with E-state index in [1.807, 2.05) is 19.1 Å². The summed E-state index contributed by atoms with van der Waals surface area (Å²) >= 11 is 24.1. The lowest BCUT2D eigenvalue weighted by atomic mass is 10.1. The lowest BCUT2D eigenvalue weighted by molar-refractivity contribution is 0.690. The molecule has 0 spiro atoms. The second kappa shape index (κ2) is 8.48. The van der Waals surface area contributed by atoms with Crippen LogP contribution >= 0.6 is 47.0 Å². The second-order valence-corrected chi connectivity index (χ2v) is 7.68. The number of nitrogens with zero attached hydrogens (tertiary/aromatic N) is 2. The molecule has 0 amide bonds. The SMILES string of the molecule is Cc1cccc(NC(=S)Nc2nn(Cc3c(Cl)cccc3Cl)cc2Cl)c1C. The molecular weight excluding hydrogens is 423 g/mol. The molecule has 3 rings (SSSR count). The second-order valence-electron chi connectivity index (χ2n) is 6.05. The third kappa shape index (κ3) is 4.74. The summed E-state index contributed by atoms with van der Waals surface area (Å²) in [6, 6.07) is 11.4. The number of halogens is 3. The van der Waals surface area contributed by atoms with Crippen molar-refractivity contribution in [2.24, 2.45) is 0 Å². The molecule has 2 N–H and O–H groups in total. The molecule has 140 valence electrons. The topological polar surface area (TPSA) is 41.9 Å². The highest BCUT2D eigenvalue weighted by atomic mass is 35.5. The minimum Gasteiger partial charge on any atom is -0.332 e. The maximum atomic E-state index is 6.30. The van der Waals surface area contributed by atoms with Gasteiger partial charge in [-0.3, -0.25) is 4.68 Å².